The van der Waals surface area contributed by atoms with Crippen LogP contribution in [0.1, 0.15) is 39.7 Å². The van der Waals surface area contributed by atoms with Crippen molar-refractivity contribution in [1.29, 1.82) is 0 Å². The number of oxime groups is 1. The minimum absolute atomic E-state index is 0.175. The van der Waals surface area contributed by atoms with E-state index < -0.39 is 0 Å². The Balaban J connectivity index is 1.69. The number of nitrogens with zero attached hydrogens (tertiary/aromatic N) is 1. The van der Waals surface area contributed by atoms with Gasteiger partial charge in [0.15, 0.2) is 6.00 Å². The molecule has 3 rings (SSSR count). The molecule has 2 aliphatic rings. The summed E-state index contributed by atoms with van der Waals surface area (Å²) in [7, 11) is -0.370. The molecule has 1 atom stereocenters. The summed E-state index contributed by atoms with van der Waals surface area (Å²) in [5.41, 5.74) is 1.37. The zero-order valence-electron chi connectivity index (χ0n) is 12.4. The highest BCUT2D eigenvalue weighted by molar-refractivity contribution is 6.48. The van der Waals surface area contributed by atoms with Crippen LogP contribution in [0.2, 0.25) is 0 Å². The summed E-state index contributed by atoms with van der Waals surface area (Å²) < 4.78 is 12.0. The first kappa shape index (κ1) is 13.6. The third-order valence-corrected chi connectivity index (χ3v) is 4.37. The molecule has 2 heterocycles. The highest BCUT2D eigenvalue weighted by Crippen LogP contribution is 2.39. The Bertz CT molecular complexity index is 511. The van der Waals surface area contributed by atoms with Crippen molar-refractivity contribution in [1.82, 2.24) is 0 Å². The van der Waals surface area contributed by atoms with E-state index in [1.807, 2.05) is 58.0 Å². The van der Waals surface area contributed by atoms with Gasteiger partial charge in [0.05, 0.1) is 16.9 Å². The van der Waals surface area contributed by atoms with E-state index in [9.17, 15) is 0 Å². The lowest BCUT2D eigenvalue weighted by Crippen LogP contribution is -2.41. The van der Waals surface area contributed by atoms with E-state index in [0.29, 0.717) is 6.42 Å². The molecule has 0 bridgehead atoms. The van der Waals surface area contributed by atoms with Crippen LogP contribution in [-0.2, 0) is 14.1 Å². The fourth-order valence-electron chi connectivity index (χ4n) is 2.38. The monoisotopic (exact) mass is 273 g/mol. The average molecular weight is 273 g/mol. The molecule has 0 aromatic heterocycles. The number of rotatable bonds is 2. The normalized spacial score (nSPS) is 27.3. The molecule has 0 amide bonds. The lowest BCUT2D eigenvalue weighted by Gasteiger charge is -2.32. The number of hydrogen-bond acceptors (Lipinski definition) is 4. The molecule has 0 N–H and O–H groups in total. The van der Waals surface area contributed by atoms with Gasteiger partial charge < -0.3 is 14.1 Å². The van der Waals surface area contributed by atoms with Crippen molar-refractivity contribution in [2.24, 2.45) is 5.16 Å². The van der Waals surface area contributed by atoms with Crippen LogP contribution in [0, 0.1) is 0 Å². The van der Waals surface area contributed by atoms with Crippen molar-refractivity contribution < 1.29 is 14.1 Å². The van der Waals surface area contributed by atoms with Crippen LogP contribution in [-0.4, -0.2) is 30.0 Å². The first-order valence-corrected chi connectivity index (χ1v) is 7.03. The van der Waals surface area contributed by atoms with Gasteiger partial charge in [0.1, 0.15) is 0 Å². The van der Waals surface area contributed by atoms with Crippen LogP contribution in [0.5, 0.6) is 0 Å². The van der Waals surface area contributed by atoms with E-state index in [-0.39, 0.29) is 24.3 Å². The van der Waals surface area contributed by atoms with E-state index in [1.165, 1.54) is 0 Å². The molecular weight excluding hydrogens is 253 g/mol. The van der Waals surface area contributed by atoms with Gasteiger partial charge in [0.25, 0.3) is 0 Å². The van der Waals surface area contributed by atoms with E-state index in [4.69, 9.17) is 14.1 Å². The smallest absolute Gasteiger partial charge is 0.401 e. The van der Waals surface area contributed by atoms with Crippen molar-refractivity contribution in [3.05, 3.63) is 35.9 Å². The molecule has 5 heteroatoms. The Morgan fingerprint density at radius 3 is 2.25 bits per heavy atom. The Hall–Kier alpha value is -1.33. The molecule has 1 saturated heterocycles. The number of hydrogen-bond donors (Lipinski definition) is 0. The molecular formula is C15H20BNO3. The van der Waals surface area contributed by atoms with Gasteiger partial charge in [-0.1, -0.05) is 35.5 Å². The van der Waals surface area contributed by atoms with Gasteiger partial charge in [-0.15, -0.1) is 0 Å². The molecule has 20 heavy (non-hydrogen) atoms. The van der Waals surface area contributed by atoms with Crippen LogP contribution in [0.25, 0.3) is 0 Å². The molecule has 4 nitrogen and oxygen atoms in total. The maximum absolute atomic E-state index is 6.01. The van der Waals surface area contributed by atoms with Gasteiger partial charge >= 0.3 is 7.12 Å². The van der Waals surface area contributed by atoms with Gasteiger partial charge in [-0.25, -0.2) is 0 Å². The molecule has 1 unspecified atom stereocenters. The van der Waals surface area contributed by atoms with E-state index in [0.717, 1.165) is 11.3 Å². The average Bonchev–Trinajstić information content (AvgIpc) is 2.94. The minimum Gasteiger partial charge on any atom is -0.401 e. The molecule has 1 aromatic carbocycles. The van der Waals surface area contributed by atoms with E-state index in [1.54, 1.807) is 0 Å². The second-order valence-corrected chi connectivity index (χ2v) is 6.38. The maximum atomic E-state index is 6.01. The summed E-state index contributed by atoms with van der Waals surface area (Å²) in [6.07, 6.45) is 0.709. The SMILES string of the molecule is CC1(C)OB(C2CC(c3ccccc3)=NO2)OC1(C)C. The Morgan fingerprint density at radius 2 is 1.65 bits per heavy atom. The molecule has 2 aliphatic heterocycles. The fourth-order valence-corrected chi connectivity index (χ4v) is 2.38. The minimum atomic E-state index is -0.370. The summed E-state index contributed by atoms with van der Waals surface area (Å²) in [4.78, 5) is 5.53. The van der Waals surface area contributed by atoms with Crippen LogP contribution in [0.3, 0.4) is 0 Å². The summed E-state index contributed by atoms with van der Waals surface area (Å²) in [6.45, 7) is 8.17. The molecule has 0 saturated carbocycles. The Kier molecular flexibility index (Phi) is 3.14. The maximum Gasteiger partial charge on any atom is 0.505 e. The third kappa shape index (κ3) is 2.25. The third-order valence-electron chi connectivity index (χ3n) is 4.37. The van der Waals surface area contributed by atoms with Crippen molar-refractivity contribution in [2.45, 2.75) is 51.3 Å². The van der Waals surface area contributed by atoms with Crippen LogP contribution in [0.15, 0.2) is 35.5 Å². The van der Waals surface area contributed by atoms with Crippen molar-refractivity contribution in [2.75, 3.05) is 0 Å². The molecule has 106 valence electrons. The topological polar surface area (TPSA) is 40.0 Å². The first-order chi connectivity index (χ1) is 9.39. The second kappa shape index (κ2) is 4.60. The summed E-state index contributed by atoms with van der Waals surface area (Å²) in [5, 5.41) is 4.18. The van der Waals surface area contributed by atoms with Crippen LogP contribution >= 0.6 is 0 Å². The van der Waals surface area contributed by atoms with Gasteiger partial charge in [0.2, 0.25) is 0 Å². The lowest BCUT2D eigenvalue weighted by atomic mass is 9.78. The van der Waals surface area contributed by atoms with Gasteiger partial charge in [-0.3, -0.25) is 0 Å². The Labute approximate surface area is 120 Å². The zero-order valence-corrected chi connectivity index (χ0v) is 12.4. The molecule has 0 spiro atoms. The van der Waals surface area contributed by atoms with Crippen molar-refractivity contribution in [3.8, 4) is 0 Å². The molecule has 0 radical (unpaired) electrons. The van der Waals surface area contributed by atoms with Gasteiger partial charge in [-0.05, 0) is 33.3 Å². The first-order valence-electron chi connectivity index (χ1n) is 7.03. The summed E-state index contributed by atoms with van der Waals surface area (Å²) in [5.74, 6) is 0. The van der Waals surface area contributed by atoms with Crippen molar-refractivity contribution in [3.63, 3.8) is 0 Å². The second-order valence-electron chi connectivity index (χ2n) is 6.38. The van der Waals surface area contributed by atoms with E-state index in [2.05, 4.69) is 5.16 Å². The van der Waals surface area contributed by atoms with Crippen LogP contribution in [0.4, 0.5) is 0 Å². The molecule has 1 fully saturated rings. The quantitative estimate of drug-likeness (QED) is 0.778. The standard InChI is InChI=1S/C15H20BNO3/c1-14(2)15(3,4)20-16(19-14)13-10-12(17-18-13)11-8-6-5-7-9-11/h5-9,13H,10H2,1-4H3. The Morgan fingerprint density at radius 1 is 1.05 bits per heavy atom. The van der Waals surface area contributed by atoms with E-state index >= 15 is 0 Å². The predicted octanol–water partition coefficient (Wildman–Crippen LogP) is 2.81. The fraction of sp³-hybridized carbons (Fsp3) is 0.533. The molecule has 0 aliphatic carbocycles. The summed E-state index contributed by atoms with van der Waals surface area (Å²) in [6, 6.07) is 9.89. The highest BCUT2D eigenvalue weighted by Gasteiger charge is 2.55. The van der Waals surface area contributed by atoms with Crippen molar-refractivity contribution >= 4 is 12.8 Å². The zero-order chi connectivity index (χ0) is 14.4. The van der Waals surface area contributed by atoms with Gasteiger partial charge in [0, 0.05) is 6.42 Å². The predicted molar refractivity (Wildman–Crippen MR) is 78.6 cm³/mol. The highest BCUT2D eigenvalue weighted by atomic mass is 16.7. The molecule has 1 aromatic rings. The lowest BCUT2D eigenvalue weighted by molar-refractivity contribution is 0.00578. The summed E-state index contributed by atoms with van der Waals surface area (Å²) >= 11 is 0. The van der Waals surface area contributed by atoms with Crippen LogP contribution < -0.4 is 0 Å². The largest absolute Gasteiger partial charge is 0.505 e. The number of benzene rings is 1. The van der Waals surface area contributed by atoms with Gasteiger partial charge in [-0.2, -0.15) is 0 Å².